The van der Waals surface area contributed by atoms with Crippen molar-refractivity contribution in [1.82, 2.24) is 9.97 Å². The Labute approximate surface area is 119 Å². The summed E-state index contributed by atoms with van der Waals surface area (Å²) in [7, 11) is 1.31. The van der Waals surface area contributed by atoms with Crippen molar-refractivity contribution in [2.75, 3.05) is 12.0 Å². The van der Waals surface area contributed by atoms with E-state index in [0.717, 1.165) is 5.56 Å². The number of anilines is 1. The molecule has 0 fully saturated rings. The number of ether oxygens (including phenoxy) is 2. The van der Waals surface area contributed by atoms with Crippen molar-refractivity contribution in [1.29, 1.82) is 0 Å². The Morgan fingerprint density at radius 1 is 1.40 bits per heavy atom. The molecule has 0 saturated carbocycles. The van der Waals surface area contributed by atoms with Crippen LogP contribution in [0.3, 0.4) is 0 Å². The number of fused-ring (bicyclic) bond motifs is 2. The van der Waals surface area contributed by atoms with Crippen LogP contribution in [0, 0.1) is 0 Å². The molecule has 2 heterocycles. The molecular formula is C13H10ClN3O3. The van der Waals surface area contributed by atoms with Gasteiger partial charge in [0.05, 0.1) is 13.7 Å². The lowest BCUT2D eigenvalue weighted by Gasteiger charge is -2.18. The molecule has 0 radical (unpaired) electrons. The standard InChI is InChI=1S/C13H10ClN3O3/c1-19-13(18)17-7-8-6-9(14)2-3-10(8)20-12-11(17)15-4-5-16-12/h2-6H,7H2,1H3. The molecule has 102 valence electrons. The van der Waals surface area contributed by atoms with Crippen LogP contribution in [0.2, 0.25) is 5.02 Å². The van der Waals surface area contributed by atoms with Gasteiger partial charge in [-0.3, -0.25) is 4.90 Å². The van der Waals surface area contributed by atoms with Crippen LogP contribution in [-0.4, -0.2) is 23.2 Å². The highest BCUT2D eigenvalue weighted by Gasteiger charge is 2.28. The van der Waals surface area contributed by atoms with Gasteiger partial charge in [0.25, 0.3) is 5.88 Å². The molecule has 1 aliphatic heterocycles. The molecule has 1 amide bonds. The van der Waals surface area contributed by atoms with Crippen molar-refractivity contribution < 1.29 is 14.3 Å². The zero-order chi connectivity index (χ0) is 14.1. The highest BCUT2D eigenvalue weighted by atomic mass is 35.5. The molecule has 1 aliphatic rings. The van der Waals surface area contributed by atoms with E-state index in [-0.39, 0.29) is 12.4 Å². The summed E-state index contributed by atoms with van der Waals surface area (Å²) >= 11 is 5.98. The summed E-state index contributed by atoms with van der Waals surface area (Å²) in [5.74, 6) is 1.15. The predicted molar refractivity (Wildman–Crippen MR) is 72.1 cm³/mol. The van der Waals surface area contributed by atoms with Gasteiger partial charge >= 0.3 is 6.09 Å². The van der Waals surface area contributed by atoms with Crippen molar-refractivity contribution >= 4 is 23.5 Å². The third-order valence-electron chi connectivity index (χ3n) is 2.85. The van der Waals surface area contributed by atoms with E-state index in [2.05, 4.69) is 9.97 Å². The minimum atomic E-state index is -0.539. The zero-order valence-corrected chi connectivity index (χ0v) is 11.3. The van der Waals surface area contributed by atoms with E-state index < -0.39 is 6.09 Å². The van der Waals surface area contributed by atoms with Crippen LogP contribution >= 0.6 is 11.6 Å². The second kappa shape index (κ2) is 4.97. The van der Waals surface area contributed by atoms with E-state index in [0.29, 0.717) is 16.6 Å². The Hall–Kier alpha value is -2.34. The molecular weight excluding hydrogens is 282 g/mol. The number of hydrogen-bond acceptors (Lipinski definition) is 5. The smallest absolute Gasteiger partial charge is 0.415 e. The lowest BCUT2D eigenvalue weighted by atomic mass is 10.2. The fourth-order valence-corrected chi connectivity index (χ4v) is 2.15. The van der Waals surface area contributed by atoms with Crippen LogP contribution in [0.4, 0.5) is 10.6 Å². The number of carbonyl (C=O) groups excluding carboxylic acids is 1. The van der Waals surface area contributed by atoms with Crippen LogP contribution in [0.5, 0.6) is 11.6 Å². The van der Waals surface area contributed by atoms with Gasteiger partial charge in [0.15, 0.2) is 0 Å². The van der Waals surface area contributed by atoms with Gasteiger partial charge in [0.2, 0.25) is 5.82 Å². The third kappa shape index (κ3) is 2.14. The number of aromatic nitrogens is 2. The number of rotatable bonds is 0. The van der Waals surface area contributed by atoms with Crippen molar-refractivity contribution in [3.05, 3.63) is 41.2 Å². The van der Waals surface area contributed by atoms with Gasteiger partial charge in [-0.05, 0) is 18.2 Å². The lowest BCUT2D eigenvalue weighted by molar-refractivity contribution is 0.178. The second-order valence-corrected chi connectivity index (χ2v) is 4.53. The third-order valence-corrected chi connectivity index (χ3v) is 3.09. The maximum Gasteiger partial charge on any atom is 0.415 e. The summed E-state index contributed by atoms with van der Waals surface area (Å²) in [6.07, 6.45) is 2.44. The van der Waals surface area contributed by atoms with Gasteiger partial charge < -0.3 is 9.47 Å². The van der Waals surface area contributed by atoms with Gasteiger partial charge in [-0.2, -0.15) is 0 Å². The van der Waals surface area contributed by atoms with Crippen molar-refractivity contribution in [2.45, 2.75) is 6.54 Å². The quantitative estimate of drug-likeness (QED) is 0.746. The van der Waals surface area contributed by atoms with E-state index in [4.69, 9.17) is 21.1 Å². The summed E-state index contributed by atoms with van der Waals surface area (Å²) in [5.41, 5.74) is 0.753. The van der Waals surface area contributed by atoms with Crippen molar-refractivity contribution in [3.8, 4) is 11.6 Å². The van der Waals surface area contributed by atoms with Crippen LogP contribution in [0.15, 0.2) is 30.6 Å². The van der Waals surface area contributed by atoms with Crippen molar-refractivity contribution in [3.63, 3.8) is 0 Å². The number of amides is 1. The van der Waals surface area contributed by atoms with Crippen molar-refractivity contribution in [2.24, 2.45) is 0 Å². The Kier molecular flexibility index (Phi) is 3.15. The molecule has 0 spiro atoms. The molecule has 1 aromatic heterocycles. The predicted octanol–water partition coefficient (Wildman–Crippen LogP) is 3.01. The second-order valence-electron chi connectivity index (χ2n) is 4.10. The maximum absolute atomic E-state index is 11.9. The fraction of sp³-hybridized carbons (Fsp3) is 0.154. The van der Waals surface area contributed by atoms with E-state index in [1.54, 1.807) is 18.2 Å². The lowest BCUT2D eigenvalue weighted by Crippen LogP contribution is -2.30. The van der Waals surface area contributed by atoms with E-state index in [1.165, 1.54) is 24.4 Å². The Morgan fingerprint density at radius 3 is 3.00 bits per heavy atom. The number of methoxy groups -OCH3 is 1. The number of hydrogen-bond donors (Lipinski definition) is 0. The number of nitrogens with zero attached hydrogens (tertiary/aromatic N) is 3. The monoisotopic (exact) mass is 291 g/mol. The van der Waals surface area contributed by atoms with E-state index in [1.807, 2.05) is 0 Å². The summed E-state index contributed by atoms with van der Waals surface area (Å²) in [6, 6.07) is 5.18. The minimum absolute atomic E-state index is 0.244. The first-order valence-corrected chi connectivity index (χ1v) is 6.19. The number of carbonyl (C=O) groups is 1. The van der Waals surface area contributed by atoms with Crippen LogP contribution in [-0.2, 0) is 11.3 Å². The Balaban J connectivity index is 2.14. The first kappa shape index (κ1) is 12.7. The Morgan fingerprint density at radius 2 is 2.20 bits per heavy atom. The molecule has 6 nitrogen and oxygen atoms in total. The average Bonchev–Trinajstić information content (AvgIpc) is 2.63. The molecule has 1 aromatic carbocycles. The molecule has 3 rings (SSSR count). The summed E-state index contributed by atoms with van der Waals surface area (Å²) in [5, 5.41) is 0.559. The number of halogens is 1. The van der Waals surface area contributed by atoms with E-state index in [9.17, 15) is 4.79 Å². The molecule has 0 aliphatic carbocycles. The molecule has 0 bridgehead atoms. The largest absolute Gasteiger partial charge is 0.452 e. The Bertz CT molecular complexity index is 678. The fourth-order valence-electron chi connectivity index (χ4n) is 1.96. The highest BCUT2D eigenvalue weighted by molar-refractivity contribution is 6.30. The highest BCUT2D eigenvalue weighted by Crippen LogP contribution is 2.37. The van der Waals surface area contributed by atoms with Gasteiger partial charge in [-0.15, -0.1) is 0 Å². The molecule has 0 saturated heterocycles. The SMILES string of the molecule is COC(=O)N1Cc2cc(Cl)ccc2Oc2nccnc21. The normalized spacial score (nSPS) is 12.8. The summed E-state index contributed by atoms with van der Waals surface area (Å²) in [6.45, 7) is 0.244. The number of benzene rings is 1. The van der Waals surface area contributed by atoms with Crippen LogP contribution in [0.25, 0.3) is 0 Å². The van der Waals surface area contributed by atoms with Crippen LogP contribution < -0.4 is 9.64 Å². The van der Waals surface area contributed by atoms with Crippen LogP contribution in [0.1, 0.15) is 5.56 Å². The van der Waals surface area contributed by atoms with Gasteiger partial charge in [0, 0.05) is 23.0 Å². The zero-order valence-electron chi connectivity index (χ0n) is 10.5. The first-order chi connectivity index (χ1) is 9.69. The molecule has 0 unspecified atom stereocenters. The molecule has 2 aromatic rings. The first-order valence-electron chi connectivity index (χ1n) is 5.82. The van der Waals surface area contributed by atoms with Gasteiger partial charge in [-0.1, -0.05) is 11.6 Å². The maximum atomic E-state index is 11.9. The van der Waals surface area contributed by atoms with Gasteiger partial charge in [0.1, 0.15) is 5.75 Å². The van der Waals surface area contributed by atoms with Gasteiger partial charge in [-0.25, -0.2) is 14.8 Å². The minimum Gasteiger partial charge on any atom is -0.452 e. The molecule has 0 N–H and O–H groups in total. The summed E-state index contributed by atoms with van der Waals surface area (Å²) in [4.78, 5) is 21.5. The molecule has 20 heavy (non-hydrogen) atoms. The topological polar surface area (TPSA) is 64.5 Å². The molecule has 0 atom stereocenters. The van der Waals surface area contributed by atoms with E-state index >= 15 is 0 Å². The molecule has 7 heteroatoms. The average molecular weight is 292 g/mol. The summed E-state index contributed by atoms with van der Waals surface area (Å²) < 4.78 is 10.5.